The van der Waals surface area contributed by atoms with Gasteiger partial charge in [-0.3, -0.25) is 9.59 Å². The highest BCUT2D eigenvalue weighted by molar-refractivity contribution is 7.80. The third-order valence-electron chi connectivity index (χ3n) is 2.64. The van der Waals surface area contributed by atoms with Crippen LogP contribution in [0.2, 0.25) is 0 Å². The summed E-state index contributed by atoms with van der Waals surface area (Å²) in [5.41, 5.74) is 1.88. The van der Waals surface area contributed by atoms with Crippen LogP contribution in [0.5, 0.6) is 0 Å². The van der Waals surface area contributed by atoms with E-state index in [0.29, 0.717) is 6.61 Å². The maximum absolute atomic E-state index is 11.7. The fourth-order valence-corrected chi connectivity index (χ4v) is 1.83. The summed E-state index contributed by atoms with van der Waals surface area (Å²) in [5.74, 6) is -0.779. The average Bonchev–Trinajstić information content (AvgIpc) is 2.45. The van der Waals surface area contributed by atoms with Crippen molar-refractivity contribution in [2.45, 2.75) is 19.8 Å². The Kier molecular flexibility index (Phi) is 8.09. The van der Waals surface area contributed by atoms with E-state index < -0.39 is 5.97 Å². The maximum atomic E-state index is 11.7. The summed E-state index contributed by atoms with van der Waals surface area (Å²) < 4.78 is 9.61. The Balaban J connectivity index is 2.26. The number of carbonyl (C=O) groups excluding carboxylic acids is 2. The summed E-state index contributed by atoms with van der Waals surface area (Å²) in [6.45, 7) is 2.48. The molecule has 0 aliphatic rings. The number of hydrogen-bond donors (Lipinski definition) is 2. The Morgan fingerprint density at radius 1 is 1.23 bits per heavy atom. The van der Waals surface area contributed by atoms with Crippen LogP contribution in [0.15, 0.2) is 24.3 Å². The minimum absolute atomic E-state index is 0.00259. The van der Waals surface area contributed by atoms with Crippen LogP contribution in [-0.2, 0) is 19.1 Å². The van der Waals surface area contributed by atoms with Gasteiger partial charge in [-0.25, -0.2) is 0 Å². The molecule has 1 amide bonds. The Morgan fingerprint density at radius 2 is 2.00 bits per heavy atom. The van der Waals surface area contributed by atoms with Crippen molar-refractivity contribution in [2.75, 3.05) is 25.6 Å². The molecule has 0 atom stereocenters. The zero-order valence-electron chi connectivity index (χ0n) is 12.7. The third-order valence-corrected chi connectivity index (χ3v) is 2.84. The van der Waals surface area contributed by atoms with Gasteiger partial charge in [0.15, 0.2) is 5.11 Å². The molecular weight excluding hydrogens is 304 g/mol. The van der Waals surface area contributed by atoms with Crippen LogP contribution >= 0.6 is 12.2 Å². The molecule has 0 spiro atoms. The largest absolute Gasteiger partial charge is 0.463 e. The van der Waals surface area contributed by atoms with E-state index in [-0.39, 0.29) is 30.5 Å². The van der Waals surface area contributed by atoms with Crippen molar-refractivity contribution in [1.82, 2.24) is 5.32 Å². The first-order valence-electron chi connectivity index (χ1n) is 6.83. The van der Waals surface area contributed by atoms with Crippen LogP contribution in [0.4, 0.5) is 5.69 Å². The number of carbonyl (C=O) groups is 2. The van der Waals surface area contributed by atoms with Crippen molar-refractivity contribution in [3.63, 3.8) is 0 Å². The van der Waals surface area contributed by atoms with Crippen molar-refractivity contribution < 1.29 is 19.1 Å². The van der Waals surface area contributed by atoms with E-state index in [9.17, 15) is 9.59 Å². The summed E-state index contributed by atoms with van der Waals surface area (Å²) in [5, 5.41) is 5.63. The van der Waals surface area contributed by atoms with Gasteiger partial charge < -0.3 is 20.1 Å². The second-order valence-corrected chi connectivity index (χ2v) is 4.99. The van der Waals surface area contributed by atoms with Crippen LogP contribution in [0, 0.1) is 6.92 Å². The Labute approximate surface area is 135 Å². The summed E-state index contributed by atoms with van der Waals surface area (Å²) in [7, 11) is 1.52. The summed E-state index contributed by atoms with van der Waals surface area (Å²) >= 11 is 5.05. The first kappa shape index (κ1) is 18.1. The zero-order valence-corrected chi connectivity index (χ0v) is 13.5. The molecule has 0 saturated carbocycles. The molecular formula is C15H20N2O4S. The van der Waals surface area contributed by atoms with E-state index in [2.05, 4.69) is 10.6 Å². The van der Waals surface area contributed by atoms with Crippen LogP contribution < -0.4 is 10.6 Å². The number of thiocarbonyl (C=S) groups is 1. The number of aryl methyl sites for hydroxylation is 1. The van der Waals surface area contributed by atoms with Crippen LogP contribution in [-0.4, -0.2) is 37.3 Å². The third kappa shape index (κ3) is 7.70. The predicted octanol–water partition coefficient (Wildman–Crippen LogP) is 1.78. The quantitative estimate of drug-likeness (QED) is 0.452. The molecule has 120 valence electrons. The molecule has 0 unspecified atom stereocenters. The van der Waals surface area contributed by atoms with E-state index >= 15 is 0 Å². The Hall–Kier alpha value is -1.99. The summed E-state index contributed by atoms with van der Waals surface area (Å²) in [6, 6.07) is 7.60. The molecule has 0 bridgehead atoms. The predicted molar refractivity (Wildman–Crippen MR) is 87.6 cm³/mol. The number of amides is 1. The lowest BCUT2D eigenvalue weighted by atomic mass is 10.2. The highest BCUT2D eigenvalue weighted by Crippen LogP contribution is 2.09. The molecule has 0 aromatic heterocycles. The van der Waals surface area contributed by atoms with Crippen LogP contribution in [0.1, 0.15) is 18.4 Å². The number of anilines is 1. The van der Waals surface area contributed by atoms with E-state index in [1.54, 1.807) is 0 Å². The van der Waals surface area contributed by atoms with Gasteiger partial charge in [-0.05, 0) is 36.8 Å². The molecule has 6 nitrogen and oxygen atoms in total. The minimum Gasteiger partial charge on any atom is -0.463 e. The number of hydrogen-bond acceptors (Lipinski definition) is 5. The van der Waals surface area contributed by atoms with Gasteiger partial charge in [0.05, 0.1) is 13.0 Å². The molecule has 0 saturated heterocycles. The van der Waals surface area contributed by atoms with Gasteiger partial charge in [0.25, 0.3) is 0 Å². The number of nitrogens with one attached hydrogen (secondary N) is 2. The first-order chi connectivity index (χ1) is 10.5. The van der Waals surface area contributed by atoms with Crippen LogP contribution in [0.3, 0.4) is 0 Å². The fraction of sp³-hybridized carbons (Fsp3) is 0.400. The molecule has 0 aliphatic heterocycles. The van der Waals surface area contributed by atoms with Crippen molar-refractivity contribution >= 4 is 34.9 Å². The molecule has 22 heavy (non-hydrogen) atoms. The zero-order chi connectivity index (χ0) is 16.4. The first-order valence-corrected chi connectivity index (χ1v) is 7.24. The Morgan fingerprint density at radius 3 is 2.68 bits per heavy atom. The van der Waals surface area contributed by atoms with Crippen molar-refractivity contribution in [3.05, 3.63) is 29.8 Å². The molecule has 1 aromatic carbocycles. The minimum atomic E-state index is -0.440. The molecule has 1 rings (SSSR count). The van der Waals surface area contributed by atoms with Crippen LogP contribution in [0.25, 0.3) is 0 Å². The van der Waals surface area contributed by atoms with Gasteiger partial charge in [-0.1, -0.05) is 12.1 Å². The topological polar surface area (TPSA) is 76.7 Å². The number of esters is 1. The van der Waals surface area contributed by atoms with Crippen molar-refractivity contribution in [3.8, 4) is 0 Å². The lowest BCUT2D eigenvalue weighted by Gasteiger charge is -2.10. The molecule has 0 fully saturated rings. The summed E-state index contributed by atoms with van der Waals surface area (Å²) in [6.07, 6.45) is 0.0179. The van der Waals surface area contributed by atoms with E-state index in [1.807, 2.05) is 31.2 Å². The van der Waals surface area contributed by atoms with Gasteiger partial charge in [0, 0.05) is 19.2 Å². The van der Waals surface area contributed by atoms with Crippen molar-refractivity contribution in [1.29, 1.82) is 0 Å². The molecule has 0 aliphatic carbocycles. The lowest BCUT2D eigenvalue weighted by Crippen LogP contribution is -2.34. The van der Waals surface area contributed by atoms with Gasteiger partial charge in [-0.2, -0.15) is 0 Å². The van der Waals surface area contributed by atoms with Crippen molar-refractivity contribution in [2.24, 2.45) is 0 Å². The van der Waals surface area contributed by atoms with Gasteiger partial charge in [0.1, 0.15) is 6.61 Å². The molecule has 7 heteroatoms. The number of benzene rings is 1. The SMILES string of the molecule is COCCOC(=O)CCC(=O)NC(=S)Nc1cccc(C)c1. The molecule has 1 aromatic rings. The van der Waals surface area contributed by atoms with Gasteiger partial charge >= 0.3 is 5.97 Å². The molecule has 0 radical (unpaired) electrons. The highest BCUT2D eigenvalue weighted by atomic mass is 32.1. The van der Waals surface area contributed by atoms with Gasteiger partial charge in [0.2, 0.25) is 5.91 Å². The maximum Gasteiger partial charge on any atom is 0.306 e. The normalized spacial score (nSPS) is 9.91. The fourth-order valence-electron chi connectivity index (χ4n) is 1.60. The second kappa shape index (κ2) is 9.86. The van der Waals surface area contributed by atoms with E-state index in [1.165, 1.54) is 7.11 Å². The standard InChI is InChI=1S/C15H20N2O4S/c1-11-4-3-5-12(10-11)16-15(22)17-13(18)6-7-14(19)21-9-8-20-2/h3-5,10H,6-9H2,1-2H3,(H2,16,17,18,22). The highest BCUT2D eigenvalue weighted by Gasteiger charge is 2.09. The number of ether oxygens (including phenoxy) is 2. The molecule has 2 N–H and O–H groups in total. The molecule has 0 heterocycles. The Bertz CT molecular complexity index is 534. The van der Waals surface area contributed by atoms with Gasteiger partial charge in [-0.15, -0.1) is 0 Å². The second-order valence-electron chi connectivity index (χ2n) is 4.59. The monoisotopic (exact) mass is 324 g/mol. The average molecular weight is 324 g/mol. The van der Waals surface area contributed by atoms with E-state index in [4.69, 9.17) is 21.7 Å². The van der Waals surface area contributed by atoms with E-state index in [0.717, 1.165) is 11.3 Å². The smallest absolute Gasteiger partial charge is 0.306 e. The number of methoxy groups -OCH3 is 1. The lowest BCUT2D eigenvalue weighted by molar-refractivity contribution is -0.146. The number of rotatable bonds is 7. The summed E-state index contributed by atoms with van der Waals surface area (Å²) in [4.78, 5) is 23.0.